The van der Waals surface area contributed by atoms with Crippen molar-refractivity contribution in [2.75, 3.05) is 31.1 Å². The molecule has 0 aliphatic carbocycles. The van der Waals surface area contributed by atoms with E-state index >= 15 is 0 Å². The van der Waals surface area contributed by atoms with Crippen LogP contribution in [0.5, 0.6) is 0 Å². The molecule has 1 aliphatic rings. The van der Waals surface area contributed by atoms with Crippen LogP contribution in [0.4, 0.5) is 16.2 Å². The lowest BCUT2D eigenvalue weighted by Crippen LogP contribution is -2.50. The molecule has 0 bridgehead atoms. The zero-order valence-corrected chi connectivity index (χ0v) is 17.9. The lowest BCUT2D eigenvalue weighted by Gasteiger charge is -2.37. The molecule has 0 N–H and O–H groups in total. The number of hydrogen-bond donors (Lipinski definition) is 0. The van der Waals surface area contributed by atoms with Crippen molar-refractivity contribution in [3.05, 3.63) is 33.7 Å². The van der Waals surface area contributed by atoms with Gasteiger partial charge in [0.15, 0.2) is 0 Å². The Morgan fingerprint density at radius 1 is 1.29 bits per heavy atom. The summed E-state index contributed by atoms with van der Waals surface area (Å²) in [5.74, 6) is -0.367. The zero-order chi connectivity index (χ0) is 21.1. The molecule has 2 rings (SSSR count). The van der Waals surface area contributed by atoms with Gasteiger partial charge in [-0.15, -0.1) is 0 Å². The first-order valence-electron chi connectivity index (χ1n) is 8.73. The van der Waals surface area contributed by atoms with Crippen molar-refractivity contribution in [1.82, 2.24) is 4.90 Å². The van der Waals surface area contributed by atoms with Gasteiger partial charge in [0.05, 0.1) is 5.75 Å². The summed E-state index contributed by atoms with van der Waals surface area (Å²) in [7, 11) is 1.62. The highest BCUT2D eigenvalue weighted by Gasteiger charge is 2.27. The molecule has 0 atom stereocenters. The molecule has 11 heteroatoms. The molecule has 1 amide bonds. The number of piperazine rings is 1. The monoisotopic (exact) mass is 429 g/mol. The predicted octanol–water partition coefficient (Wildman–Crippen LogP) is 4.06. The fourth-order valence-corrected chi connectivity index (χ4v) is 3.90. The number of benzene rings is 1. The van der Waals surface area contributed by atoms with Crippen LogP contribution in [-0.2, 0) is 19.5 Å². The second-order valence-electron chi connectivity index (χ2n) is 7.59. The van der Waals surface area contributed by atoms with E-state index in [2.05, 4.69) is 10.0 Å². The Morgan fingerprint density at radius 2 is 1.89 bits per heavy atom. The summed E-state index contributed by atoms with van der Waals surface area (Å²) in [4.78, 5) is 18.7. The topological polar surface area (TPSA) is 116 Å². The Balaban J connectivity index is 2.23. The standard InChI is InChI=1S/C17H24ClN5O4S/c1-12-14(20-21-19)9-13(11-28(18,25)26)10-15(12)22-5-7-23(8-6-22)16(24)27-17(2,3)4/h9-10H,5-8,11H2,1-4H3. The average molecular weight is 430 g/mol. The summed E-state index contributed by atoms with van der Waals surface area (Å²) in [5.41, 5.74) is 10.5. The molecule has 0 aromatic heterocycles. The first-order valence-corrected chi connectivity index (χ1v) is 11.2. The Bertz CT molecular complexity index is 899. The molecular formula is C17H24ClN5O4S. The van der Waals surface area contributed by atoms with Crippen LogP contribution in [-0.4, -0.2) is 51.2 Å². The van der Waals surface area contributed by atoms with Gasteiger partial charge < -0.3 is 14.5 Å². The maximum absolute atomic E-state index is 12.2. The number of azide groups is 1. The lowest BCUT2D eigenvalue weighted by atomic mass is 10.1. The van der Waals surface area contributed by atoms with Gasteiger partial charge in [-0.1, -0.05) is 5.11 Å². The highest BCUT2D eigenvalue weighted by atomic mass is 35.7. The van der Waals surface area contributed by atoms with Crippen molar-refractivity contribution >= 4 is 37.2 Å². The first kappa shape index (κ1) is 22.1. The highest BCUT2D eigenvalue weighted by Crippen LogP contribution is 2.33. The van der Waals surface area contributed by atoms with Gasteiger partial charge in [-0.3, -0.25) is 0 Å². The van der Waals surface area contributed by atoms with Gasteiger partial charge in [0, 0.05) is 53.1 Å². The molecule has 9 nitrogen and oxygen atoms in total. The number of halogens is 1. The summed E-state index contributed by atoms with van der Waals surface area (Å²) in [6.45, 7) is 9.25. The Labute approximate surface area is 169 Å². The SMILES string of the molecule is Cc1c(N=[N+]=[N-])cc(CS(=O)(=O)Cl)cc1N1CCN(C(=O)OC(C)(C)C)CC1. The van der Waals surface area contributed by atoms with E-state index in [1.165, 1.54) is 6.07 Å². The highest BCUT2D eigenvalue weighted by molar-refractivity contribution is 8.13. The number of nitrogens with zero attached hydrogens (tertiary/aromatic N) is 5. The molecule has 1 aromatic carbocycles. The summed E-state index contributed by atoms with van der Waals surface area (Å²) in [6, 6.07) is 3.25. The van der Waals surface area contributed by atoms with Crippen molar-refractivity contribution in [3.63, 3.8) is 0 Å². The largest absolute Gasteiger partial charge is 0.444 e. The van der Waals surface area contributed by atoms with Crippen LogP contribution < -0.4 is 4.90 Å². The van der Waals surface area contributed by atoms with Crippen LogP contribution in [0.3, 0.4) is 0 Å². The minimum Gasteiger partial charge on any atom is -0.444 e. The third-order valence-electron chi connectivity index (χ3n) is 4.18. The molecule has 154 valence electrons. The maximum atomic E-state index is 12.2. The molecule has 0 saturated carbocycles. The fourth-order valence-electron chi connectivity index (χ4n) is 2.96. The molecular weight excluding hydrogens is 406 g/mol. The predicted molar refractivity (Wildman–Crippen MR) is 108 cm³/mol. The smallest absolute Gasteiger partial charge is 0.410 e. The van der Waals surface area contributed by atoms with Crippen molar-refractivity contribution in [1.29, 1.82) is 0 Å². The van der Waals surface area contributed by atoms with E-state index in [0.717, 1.165) is 11.3 Å². The lowest BCUT2D eigenvalue weighted by molar-refractivity contribution is 0.0240. The van der Waals surface area contributed by atoms with Gasteiger partial charge in [0.25, 0.3) is 0 Å². The third kappa shape index (κ3) is 6.19. The first-order chi connectivity index (χ1) is 12.9. The van der Waals surface area contributed by atoms with Gasteiger partial charge in [0.2, 0.25) is 9.05 Å². The van der Waals surface area contributed by atoms with E-state index in [4.69, 9.17) is 21.0 Å². The number of anilines is 1. The van der Waals surface area contributed by atoms with Crippen LogP contribution >= 0.6 is 10.7 Å². The van der Waals surface area contributed by atoms with Crippen molar-refractivity contribution in [3.8, 4) is 0 Å². The van der Waals surface area contributed by atoms with Crippen LogP contribution in [0.25, 0.3) is 10.4 Å². The molecule has 1 heterocycles. The number of carbonyl (C=O) groups is 1. The van der Waals surface area contributed by atoms with Gasteiger partial charge >= 0.3 is 6.09 Å². The van der Waals surface area contributed by atoms with E-state index in [1.807, 2.05) is 25.7 Å². The molecule has 1 aliphatic heterocycles. The minimum absolute atomic E-state index is 0.352. The summed E-state index contributed by atoms with van der Waals surface area (Å²) >= 11 is 0. The Hall–Kier alpha value is -2.16. The van der Waals surface area contributed by atoms with Crippen molar-refractivity contribution in [2.45, 2.75) is 39.0 Å². The molecule has 0 radical (unpaired) electrons. The van der Waals surface area contributed by atoms with Crippen molar-refractivity contribution < 1.29 is 17.9 Å². The normalized spacial score (nSPS) is 15.2. The number of hydrogen-bond acceptors (Lipinski definition) is 6. The zero-order valence-electron chi connectivity index (χ0n) is 16.3. The van der Waals surface area contributed by atoms with Crippen LogP contribution in [0.1, 0.15) is 31.9 Å². The van der Waals surface area contributed by atoms with Crippen LogP contribution in [0.2, 0.25) is 0 Å². The molecule has 1 fully saturated rings. The molecule has 1 saturated heterocycles. The molecule has 0 spiro atoms. The summed E-state index contributed by atoms with van der Waals surface area (Å²) in [6.07, 6.45) is -0.361. The summed E-state index contributed by atoms with van der Waals surface area (Å²) in [5, 5.41) is 3.67. The third-order valence-corrected chi connectivity index (χ3v) is 5.18. The fraction of sp³-hybridized carbons (Fsp3) is 0.588. The minimum atomic E-state index is -3.76. The van der Waals surface area contributed by atoms with E-state index in [0.29, 0.717) is 37.4 Å². The number of rotatable bonds is 4. The number of amides is 1. The van der Waals surface area contributed by atoms with Crippen LogP contribution in [0, 0.1) is 6.92 Å². The van der Waals surface area contributed by atoms with Gasteiger partial charge in [-0.05, 0) is 56.5 Å². The quantitative estimate of drug-likeness (QED) is 0.309. The van der Waals surface area contributed by atoms with Gasteiger partial charge in [-0.25, -0.2) is 13.2 Å². The molecule has 1 aromatic rings. The van der Waals surface area contributed by atoms with Gasteiger partial charge in [0.1, 0.15) is 5.60 Å². The van der Waals surface area contributed by atoms with E-state index in [-0.39, 0.29) is 11.8 Å². The number of carbonyl (C=O) groups excluding carboxylic acids is 1. The van der Waals surface area contributed by atoms with Crippen LogP contribution in [0.15, 0.2) is 17.2 Å². The second kappa shape index (κ2) is 8.46. The van der Waals surface area contributed by atoms with E-state index in [1.54, 1.807) is 17.9 Å². The maximum Gasteiger partial charge on any atom is 0.410 e. The average Bonchev–Trinajstić information content (AvgIpc) is 2.55. The number of ether oxygens (including phenoxy) is 1. The van der Waals surface area contributed by atoms with Crippen molar-refractivity contribution in [2.24, 2.45) is 5.11 Å². The molecule has 28 heavy (non-hydrogen) atoms. The van der Waals surface area contributed by atoms with E-state index in [9.17, 15) is 13.2 Å². The van der Waals surface area contributed by atoms with E-state index < -0.39 is 14.7 Å². The Morgan fingerprint density at radius 3 is 2.39 bits per heavy atom. The van der Waals surface area contributed by atoms with Gasteiger partial charge in [-0.2, -0.15) is 0 Å². The second-order valence-corrected chi connectivity index (χ2v) is 10.4. The molecule has 0 unspecified atom stereocenters. The Kier molecular flexibility index (Phi) is 6.69. The summed E-state index contributed by atoms with van der Waals surface area (Å²) < 4.78 is 28.3.